The monoisotopic (exact) mass is 322 g/mol. The van der Waals surface area contributed by atoms with Gasteiger partial charge in [0, 0.05) is 0 Å². The van der Waals surface area contributed by atoms with Gasteiger partial charge in [-0.1, -0.05) is 60.7 Å². The van der Waals surface area contributed by atoms with Crippen LogP contribution in [0.3, 0.4) is 0 Å². The van der Waals surface area contributed by atoms with Gasteiger partial charge < -0.3 is 10.6 Å². The Kier molecular flexibility index (Phi) is 5.45. The third-order valence-corrected chi connectivity index (χ3v) is 4.15. The predicted octanol–water partition coefficient (Wildman–Crippen LogP) is 5.02. The molecular formula is C21H26N2O. The number of hydrogen-bond donors (Lipinski definition) is 2. The van der Waals surface area contributed by atoms with Gasteiger partial charge in [-0.15, -0.1) is 0 Å². The molecule has 0 unspecified atom stereocenters. The Bertz CT molecular complexity index is 720. The fourth-order valence-corrected chi connectivity index (χ4v) is 2.59. The van der Waals surface area contributed by atoms with E-state index in [1.807, 2.05) is 76.2 Å². The molecule has 0 saturated heterocycles. The molecule has 0 aliphatic carbocycles. The molecule has 0 saturated carbocycles. The summed E-state index contributed by atoms with van der Waals surface area (Å²) in [5.74, 6) is 0. The average molecular weight is 322 g/mol. The van der Waals surface area contributed by atoms with E-state index in [0.717, 1.165) is 22.3 Å². The van der Waals surface area contributed by atoms with Gasteiger partial charge in [-0.25, -0.2) is 4.79 Å². The minimum atomic E-state index is -0.480. The Labute approximate surface area is 144 Å². The first-order chi connectivity index (χ1) is 11.3. The molecule has 0 bridgehead atoms. The number of hydrogen-bond acceptors (Lipinski definition) is 1. The molecule has 0 aromatic heterocycles. The van der Waals surface area contributed by atoms with Crippen LogP contribution in [0.1, 0.15) is 50.4 Å². The summed E-state index contributed by atoms with van der Waals surface area (Å²) in [6.07, 6.45) is 0. The van der Waals surface area contributed by atoms with Gasteiger partial charge in [-0.05, 0) is 50.5 Å². The Morgan fingerprint density at radius 2 is 1.75 bits per heavy atom. The molecule has 2 aromatic rings. The van der Waals surface area contributed by atoms with Crippen molar-refractivity contribution in [2.24, 2.45) is 0 Å². The smallest absolute Gasteiger partial charge is 0.315 e. The van der Waals surface area contributed by atoms with Crippen molar-refractivity contribution in [1.29, 1.82) is 0 Å². The van der Waals surface area contributed by atoms with Crippen LogP contribution in [0.4, 0.5) is 4.79 Å². The molecule has 0 heterocycles. The van der Waals surface area contributed by atoms with E-state index in [0.29, 0.717) is 0 Å². The van der Waals surface area contributed by atoms with Crippen LogP contribution in [-0.2, 0) is 5.54 Å². The fourth-order valence-electron chi connectivity index (χ4n) is 2.59. The largest absolute Gasteiger partial charge is 0.332 e. The molecule has 0 radical (unpaired) electrons. The number of amides is 2. The zero-order valence-corrected chi connectivity index (χ0v) is 14.9. The number of urea groups is 1. The molecule has 24 heavy (non-hydrogen) atoms. The van der Waals surface area contributed by atoms with Gasteiger partial charge in [-0.2, -0.15) is 0 Å². The van der Waals surface area contributed by atoms with Gasteiger partial charge in [0.15, 0.2) is 0 Å². The lowest BCUT2D eigenvalue weighted by molar-refractivity contribution is 0.227. The van der Waals surface area contributed by atoms with Gasteiger partial charge in [0.05, 0.1) is 11.6 Å². The summed E-state index contributed by atoms with van der Waals surface area (Å²) >= 11 is 0. The van der Waals surface area contributed by atoms with Crippen LogP contribution in [0.15, 0.2) is 61.2 Å². The van der Waals surface area contributed by atoms with E-state index >= 15 is 0 Å². The second-order valence-corrected chi connectivity index (χ2v) is 6.72. The van der Waals surface area contributed by atoms with Crippen molar-refractivity contribution in [2.75, 3.05) is 0 Å². The maximum absolute atomic E-state index is 12.4. The summed E-state index contributed by atoms with van der Waals surface area (Å²) in [7, 11) is 0. The molecular weight excluding hydrogens is 296 g/mol. The Morgan fingerprint density at radius 3 is 2.38 bits per heavy atom. The molecule has 0 aliphatic heterocycles. The van der Waals surface area contributed by atoms with E-state index in [4.69, 9.17) is 0 Å². The van der Waals surface area contributed by atoms with Crippen LogP contribution in [0.2, 0.25) is 0 Å². The van der Waals surface area contributed by atoms with Crippen molar-refractivity contribution in [3.05, 3.63) is 77.9 Å². The van der Waals surface area contributed by atoms with Gasteiger partial charge in [0.1, 0.15) is 0 Å². The number of allylic oxidation sites excluding steroid dienone is 1. The molecule has 0 spiro atoms. The molecule has 2 rings (SSSR count). The second-order valence-electron chi connectivity index (χ2n) is 6.72. The number of carbonyl (C=O) groups excluding carboxylic acids is 1. The van der Waals surface area contributed by atoms with Crippen LogP contribution in [0.5, 0.6) is 0 Å². The number of carbonyl (C=O) groups is 1. The lowest BCUT2D eigenvalue weighted by Gasteiger charge is -2.28. The van der Waals surface area contributed by atoms with E-state index < -0.39 is 5.54 Å². The van der Waals surface area contributed by atoms with Crippen molar-refractivity contribution in [1.82, 2.24) is 10.6 Å². The summed E-state index contributed by atoms with van der Waals surface area (Å²) in [6, 6.07) is 17.8. The van der Waals surface area contributed by atoms with Crippen molar-refractivity contribution < 1.29 is 4.79 Å². The SMILES string of the molecule is C=C(C)c1cccc(C(C)(C)NC(=O)N[C@H](C)c2ccccc2)c1. The van der Waals surface area contributed by atoms with Crippen molar-refractivity contribution >= 4 is 11.6 Å². The first kappa shape index (κ1) is 17.8. The molecule has 0 fully saturated rings. The van der Waals surface area contributed by atoms with E-state index in [-0.39, 0.29) is 12.1 Å². The van der Waals surface area contributed by atoms with Crippen LogP contribution in [0.25, 0.3) is 5.57 Å². The molecule has 1 atom stereocenters. The Hall–Kier alpha value is -2.55. The van der Waals surface area contributed by atoms with E-state index in [9.17, 15) is 4.79 Å². The maximum atomic E-state index is 12.4. The summed E-state index contributed by atoms with van der Waals surface area (Å²) in [5.41, 5.74) is 3.74. The van der Waals surface area contributed by atoms with Crippen molar-refractivity contribution in [2.45, 2.75) is 39.3 Å². The summed E-state index contributed by atoms with van der Waals surface area (Å²) < 4.78 is 0. The summed E-state index contributed by atoms with van der Waals surface area (Å²) in [6.45, 7) is 11.9. The zero-order valence-electron chi connectivity index (χ0n) is 14.9. The molecule has 0 aliphatic rings. The first-order valence-corrected chi connectivity index (χ1v) is 8.19. The minimum absolute atomic E-state index is 0.0521. The Balaban J connectivity index is 2.07. The molecule has 2 amide bonds. The highest BCUT2D eigenvalue weighted by Gasteiger charge is 2.24. The minimum Gasteiger partial charge on any atom is -0.332 e. The van der Waals surface area contributed by atoms with Crippen LogP contribution in [0, 0.1) is 0 Å². The first-order valence-electron chi connectivity index (χ1n) is 8.19. The number of benzene rings is 2. The maximum Gasteiger partial charge on any atom is 0.315 e. The third-order valence-electron chi connectivity index (χ3n) is 4.15. The second kappa shape index (κ2) is 7.35. The number of nitrogens with one attached hydrogen (secondary N) is 2. The Morgan fingerprint density at radius 1 is 1.08 bits per heavy atom. The lowest BCUT2D eigenvalue weighted by atomic mass is 9.92. The van der Waals surface area contributed by atoms with Gasteiger partial charge in [-0.3, -0.25) is 0 Å². The van der Waals surface area contributed by atoms with Crippen molar-refractivity contribution in [3.63, 3.8) is 0 Å². The summed E-state index contributed by atoms with van der Waals surface area (Å²) in [5, 5.41) is 6.05. The van der Waals surface area contributed by atoms with Crippen LogP contribution < -0.4 is 10.6 Å². The highest BCUT2D eigenvalue weighted by molar-refractivity contribution is 5.75. The number of rotatable bonds is 5. The topological polar surface area (TPSA) is 41.1 Å². The normalized spacial score (nSPS) is 12.3. The highest BCUT2D eigenvalue weighted by Crippen LogP contribution is 2.23. The molecule has 2 aromatic carbocycles. The van der Waals surface area contributed by atoms with E-state index in [1.54, 1.807) is 0 Å². The van der Waals surface area contributed by atoms with Gasteiger partial charge >= 0.3 is 6.03 Å². The van der Waals surface area contributed by atoms with Gasteiger partial charge in [0.2, 0.25) is 0 Å². The summed E-state index contributed by atoms with van der Waals surface area (Å²) in [4.78, 5) is 12.4. The predicted molar refractivity (Wildman–Crippen MR) is 101 cm³/mol. The quantitative estimate of drug-likeness (QED) is 0.797. The molecule has 2 N–H and O–H groups in total. The standard InChI is InChI=1S/C21H26N2O/c1-15(2)18-12-9-13-19(14-18)21(4,5)23-20(24)22-16(3)17-10-7-6-8-11-17/h6-14,16H,1H2,2-5H3,(H2,22,23,24)/t16-/m1/s1. The molecule has 3 nitrogen and oxygen atoms in total. The van der Waals surface area contributed by atoms with Crippen molar-refractivity contribution in [3.8, 4) is 0 Å². The lowest BCUT2D eigenvalue weighted by Crippen LogP contribution is -2.47. The molecule has 3 heteroatoms. The third kappa shape index (κ3) is 4.48. The highest BCUT2D eigenvalue weighted by atomic mass is 16.2. The van der Waals surface area contributed by atoms with E-state index in [1.165, 1.54) is 0 Å². The fraction of sp³-hybridized carbons (Fsp3) is 0.286. The van der Waals surface area contributed by atoms with Gasteiger partial charge in [0.25, 0.3) is 0 Å². The van der Waals surface area contributed by atoms with Crippen LogP contribution >= 0.6 is 0 Å². The van der Waals surface area contributed by atoms with Crippen LogP contribution in [-0.4, -0.2) is 6.03 Å². The zero-order chi connectivity index (χ0) is 17.7. The molecule has 126 valence electrons. The average Bonchev–Trinajstić information content (AvgIpc) is 2.55. The van der Waals surface area contributed by atoms with E-state index in [2.05, 4.69) is 23.3 Å².